The Bertz CT molecular complexity index is 305. The van der Waals surface area contributed by atoms with E-state index in [9.17, 15) is 0 Å². The second kappa shape index (κ2) is 5.89. The molecule has 2 rings (SSSR count). The SMILES string of the molecule is CCCn1cc(NCC2CCOCC2)cn1. The van der Waals surface area contributed by atoms with Crippen LogP contribution < -0.4 is 5.32 Å². The molecule has 0 amide bonds. The summed E-state index contributed by atoms with van der Waals surface area (Å²) in [5.74, 6) is 0.753. The molecule has 0 aliphatic carbocycles. The minimum atomic E-state index is 0.753. The van der Waals surface area contributed by atoms with Crippen LogP contribution >= 0.6 is 0 Å². The highest BCUT2D eigenvalue weighted by Gasteiger charge is 2.13. The lowest BCUT2D eigenvalue weighted by Gasteiger charge is -2.22. The van der Waals surface area contributed by atoms with Crippen LogP contribution in [0.5, 0.6) is 0 Å². The van der Waals surface area contributed by atoms with Crippen LogP contribution in [-0.4, -0.2) is 29.5 Å². The van der Waals surface area contributed by atoms with Crippen LogP contribution in [-0.2, 0) is 11.3 Å². The molecule has 4 heteroatoms. The van der Waals surface area contributed by atoms with Crippen molar-refractivity contribution >= 4 is 5.69 Å². The molecule has 90 valence electrons. The van der Waals surface area contributed by atoms with Gasteiger partial charge in [0, 0.05) is 32.5 Å². The van der Waals surface area contributed by atoms with E-state index in [0.717, 1.165) is 44.3 Å². The number of hydrogen-bond donors (Lipinski definition) is 1. The Morgan fingerprint density at radius 1 is 1.50 bits per heavy atom. The van der Waals surface area contributed by atoms with Crippen LogP contribution in [0, 0.1) is 5.92 Å². The second-order valence-electron chi connectivity index (χ2n) is 4.43. The number of aromatic nitrogens is 2. The summed E-state index contributed by atoms with van der Waals surface area (Å²) in [7, 11) is 0. The molecule has 0 spiro atoms. The molecule has 0 atom stereocenters. The highest BCUT2D eigenvalue weighted by atomic mass is 16.5. The predicted octanol–water partition coefficient (Wildman–Crippen LogP) is 2.13. The number of aryl methyl sites for hydroxylation is 1. The lowest BCUT2D eigenvalue weighted by atomic mass is 10.0. The fourth-order valence-electron chi connectivity index (χ4n) is 2.02. The van der Waals surface area contributed by atoms with Crippen LogP contribution in [0.1, 0.15) is 26.2 Å². The van der Waals surface area contributed by atoms with Gasteiger partial charge >= 0.3 is 0 Å². The molecule has 0 saturated carbocycles. The Hall–Kier alpha value is -1.03. The van der Waals surface area contributed by atoms with E-state index in [0.29, 0.717) is 0 Å². The second-order valence-corrected chi connectivity index (χ2v) is 4.43. The standard InChI is InChI=1S/C12H21N3O/c1-2-5-15-10-12(9-14-15)13-8-11-3-6-16-7-4-11/h9-11,13H,2-8H2,1H3. The first-order chi connectivity index (χ1) is 7.88. The van der Waals surface area contributed by atoms with Gasteiger partial charge in [-0.2, -0.15) is 5.10 Å². The van der Waals surface area contributed by atoms with Gasteiger partial charge < -0.3 is 10.1 Å². The van der Waals surface area contributed by atoms with Gasteiger partial charge in [-0.3, -0.25) is 4.68 Å². The van der Waals surface area contributed by atoms with Crippen molar-refractivity contribution in [2.45, 2.75) is 32.7 Å². The predicted molar refractivity (Wildman–Crippen MR) is 64.6 cm³/mol. The zero-order valence-electron chi connectivity index (χ0n) is 9.98. The number of anilines is 1. The quantitative estimate of drug-likeness (QED) is 0.831. The number of nitrogens with one attached hydrogen (secondary N) is 1. The Kier molecular flexibility index (Phi) is 4.22. The van der Waals surface area contributed by atoms with Gasteiger partial charge in [-0.05, 0) is 25.2 Å². The average Bonchev–Trinajstić information content (AvgIpc) is 2.76. The van der Waals surface area contributed by atoms with E-state index >= 15 is 0 Å². The number of hydrogen-bond acceptors (Lipinski definition) is 3. The summed E-state index contributed by atoms with van der Waals surface area (Å²) in [6.45, 7) is 6.04. The van der Waals surface area contributed by atoms with Gasteiger partial charge in [0.1, 0.15) is 0 Å². The summed E-state index contributed by atoms with van der Waals surface area (Å²) in [5, 5.41) is 7.75. The summed E-state index contributed by atoms with van der Waals surface area (Å²) in [6.07, 6.45) is 7.48. The number of nitrogens with zero attached hydrogens (tertiary/aromatic N) is 2. The van der Waals surface area contributed by atoms with Crippen molar-refractivity contribution in [3.63, 3.8) is 0 Å². The molecule has 0 aromatic carbocycles. The molecule has 1 aromatic rings. The topological polar surface area (TPSA) is 39.1 Å². The minimum absolute atomic E-state index is 0.753. The van der Waals surface area contributed by atoms with Crippen LogP contribution in [0.3, 0.4) is 0 Å². The minimum Gasteiger partial charge on any atom is -0.382 e. The highest BCUT2D eigenvalue weighted by Crippen LogP contribution is 2.15. The van der Waals surface area contributed by atoms with Gasteiger partial charge in [0.05, 0.1) is 11.9 Å². The molecule has 1 fully saturated rings. The molecule has 1 aromatic heterocycles. The van der Waals surface area contributed by atoms with Crippen molar-refractivity contribution in [2.24, 2.45) is 5.92 Å². The van der Waals surface area contributed by atoms with E-state index in [2.05, 4.69) is 23.5 Å². The lowest BCUT2D eigenvalue weighted by Crippen LogP contribution is -2.22. The first kappa shape index (κ1) is 11.5. The monoisotopic (exact) mass is 223 g/mol. The molecule has 0 unspecified atom stereocenters. The van der Waals surface area contributed by atoms with Gasteiger partial charge in [0.25, 0.3) is 0 Å². The van der Waals surface area contributed by atoms with Gasteiger partial charge in [0.15, 0.2) is 0 Å². The Labute approximate surface area is 97.0 Å². The van der Waals surface area contributed by atoms with E-state index in [1.54, 1.807) is 0 Å². The van der Waals surface area contributed by atoms with Crippen molar-refractivity contribution in [3.05, 3.63) is 12.4 Å². The van der Waals surface area contributed by atoms with Crippen LogP contribution in [0.25, 0.3) is 0 Å². The maximum absolute atomic E-state index is 5.34. The molecule has 16 heavy (non-hydrogen) atoms. The van der Waals surface area contributed by atoms with Gasteiger partial charge in [-0.25, -0.2) is 0 Å². The third-order valence-electron chi connectivity index (χ3n) is 3.02. The first-order valence-electron chi connectivity index (χ1n) is 6.22. The summed E-state index contributed by atoms with van der Waals surface area (Å²) in [6, 6.07) is 0. The van der Waals surface area contributed by atoms with Crippen molar-refractivity contribution in [1.82, 2.24) is 9.78 Å². The van der Waals surface area contributed by atoms with Crippen molar-refractivity contribution in [3.8, 4) is 0 Å². The fourth-order valence-corrected chi connectivity index (χ4v) is 2.02. The van der Waals surface area contributed by atoms with Gasteiger partial charge in [-0.15, -0.1) is 0 Å². The van der Waals surface area contributed by atoms with E-state index in [-0.39, 0.29) is 0 Å². The molecule has 0 bridgehead atoms. The Morgan fingerprint density at radius 3 is 3.06 bits per heavy atom. The van der Waals surface area contributed by atoms with E-state index < -0.39 is 0 Å². The largest absolute Gasteiger partial charge is 0.382 e. The Balaban J connectivity index is 1.75. The highest BCUT2D eigenvalue weighted by molar-refractivity contribution is 5.38. The lowest BCUT2D eigenvalue weighted by molar-refractivity contribution is 0.0699. The van der Waals surface area contributed by atoms with E-state index in [1.807, 2.05) is 10.9 Å². The molecular formula is C12H21N3O. The molecule has 1 N–H and O–H groups in total. The molecule has 1 aliphatic heterocycles. The zero-order chi connectivity index (χ0) is 11.2. The van der Waals surface area contributed by atoms with E-state index in [4.69, 9.17) is 4.74 Å². The molecule has 2 heterocycles. The van der Waals surface area contributed by atoms with Crippen molar-refractivity contribution in [2.75, 3.05) is 25.1 Å². The zero-order valence-corrected chi connectivity index (χ0v) is 9.98. The molecule has 1 saturated heterocycles. The summed E-state index contributed by atoms with van der Waals surface area (Å²) in [5.41, 5.74) is 1.14. The summed E-state index contributed by atoms with van der Waals surface area (Å²) >= 11 is 0. The molecule has 1 aliphatic rings. The van der Waals surface area contributed by atoms with Crippen LogP contribution in [0.15, 0.2) is 12.4 Å². The van der Waals surface area contributed by atoms with Crippen molar-refractivity contribution < 1.29 is 4.74 Å². The third kappa shape index (κ3) is 3.23. The molecule has 4 nitrogen and oxygen atoms in total. The third-order valence-corrected chi connectivity index (χ3v) is 3.02. The smallest absolute Gasteiger partial charge is 0.0726 e. The summed E-state index contributed by atoms with van der Waals surface area (Å²) in [4.78, 5) is 0. The summed E-state index contributed by atoms with van der Waals surface area (Å²) < 4.78 is 7.34. The van der Waals surface area contributed by atoms with Gasteiger partial charge in [0.2, 0.25) is 0 Å². The van der Waals surface area contributed by atoms with Crippen LogP contribution in [0.2, 0.25) is 0 Å². The normalized spacial score (nSPS) is 17.6. The maximum Gasteiger partial charge on any atom is 0.0726 e. The van der Waals surface area contributed by atoms with Gasteiger partial charge in [-0.1, -0.05) is 6.92 Å². The maximum atomic E-state index is 5.34. The number of rotatable bonds is 5. The Morgan fingerprint density at radius 2 is 2.31 bits per heavy atom. The first-order valence-corrected chi connectivity index (χ1v) is 6.22. The molecular weight excluding hydrogens is 202 g/mol. The van der Waals surface area contributed by atoms with E-state index in [1.165, 1.54) is 12.8 Å². The average molecular weight is 223 g/mol. The fraction of sp³-hybridized carbons (Fsp3) is 0.750. The van der Waals surface area contributed by atoms with Crippen LogP contribution in [0.4, 0.5) is 5.69 Å². The molecule has 0 radical (unpaired) electrons. The van der Waals surface area contributed by atoms with Crippen molar-refractivity contribution in [1.29, 1.82) is 0 Å². The number of ether oxygens (including phenoxy) is 1.